The highest BCUT2D eigenvalue weighted by Gasteiger charge is 2.27. The van der Waals surface area contributed by atoms with Gasteiger partial charge in [0, 0.05) is 43.7 Å². The zero-order valence-corrected chi connectivity index (χ0v) is 14.4. The minimum absolute atomic E-state index is 0.0338. The molecule has 0 bridgehead atoms. The first-order chi connectivity index (χ1) is 12.7. The van der Waals surface area contributed by atoms with Gasteiger partial charge in [0.2, 0.25) is 5.88 Å². The van der Waals surface area contributed by atoms with E-state index in [1.54, 1.807) is 36.7 Å². The number of para-hydroxylation sites is 1. The smallest absolute Gasteiger partial charge is 0.289 e. The fourth-order valence-electron chi connectivity index (χ4n) is 3.15. The number of carbonyl (C=O) groups excluding carboxylic acids is 1. The summed E-state index contributed by atoms with van der Waals surface area (Å²) in [7, 11) is 1.58. The van der Waals surface area contributed by atoms with Gasteiger partial charge < -0.3 is 18.8 Å². The van der Waals surface area contributed by atoms with Crippen molar-refractivity contribution in [2.45, 2.75) is 18.9 Å². The molecule has 0 spiro atoms. The van der Waals surface area contributed by atoms with Crippen LogP contribution in [-0.2, 0) is 0 Å². The standard InChI is InChI=1S/C19H19N3O4/c1-24-15-4-2-3-13-11-16(26-18(13)15)19(23)22-9-5-14(6-10-22)25-17-12-20-7-8-21-17/h2-4,7-8,11-12,14H,5-6,9-10H2,1H3. The van der Waals surface area contributed by atoms with E-state index in [-0.39, 0.29) is 12.0 Å². The number of benzene rings is 1. The Balaban J connectivity index is 1.42. The molecule has 1 saturated heterocycles. The van der Waals surface area contributed by atoms with E-state index in [9.17, 15) is 4.79 Å². The normalized spacial score (nSPS) is 15.2. The Bertz CT molecular complexity index is 902. The summed E-state index contributed by atoms with van der Waals surface area (Å²) >= 11 is 0. The van der Waals surface area contributed by atoms with E-state index in [0.717, 1.165) is 18.2 Å². The average Bonchev–Trinajstić information content (AvgIpc) is 3.13. The number of methoxy groups -OCH3 is 1. The molecule has 3 heterocycles. The number of hydrogen-bond acceptors (Lipinski definition) is 6. The van der Waals surface area contributed by atoms with Crippen molar-refractivity contribution in [1.29, 1.82) is 0 Å². The van der Waals surface area contributed by atoms with Gasteiger partial charge in [-0.1, -0.05) is 12.1 Å². The van der Waals surface area contributed by atoms with E-state index in [1.165, 1.54) is 0 Å². The maximum atomic E-state index is 12.8. The molecule has 0 radical (unpaired) electrons. The van der Waals surface area contributed by atoms with Crippen molar-refractivity contribution in [3.63, 3.8) is 0 Å². The van der Waals surface area contributed by atoms with Crippen LogP contribution in [0.5, 0.6) is 11.6 Å². The van der Waals surface area contributed by atoms with Crippen LogP contribution in [-0.4, -0.2) is 47.1 Å². The predicted octanol–water partition coefficient (Wildman–Crippen LogP) is 2.92. The summed E-state index contributed by atoms with van der Waals surface area (Å²) in [6.07, 6.45) is 6.32. The molecule has 26 heavy (non-hydrogen) atoms. The van der Waals surface area contributed by atoms with Gasteiger partial charge in [-0.3, -0.25) is 9.78 Å². The minimum Gasteiger partial charge on any atom is -0.493 e. The van der Waals surface area contributed by atoms with E-state index in [4.69, 9.17) is 13.9 Å². The third kappa shape index (κ3) is 3.20. The molecule has 1 aromatic carbocycles. The van der Waals surface area contributed by atoms with E-state index < -0.39 is 0 Å². The number of likely N-dealkylation sites (tertiary alicyclic amines) is 1. The van der Waals surface area contributed by atoms with Gasteiger partial charge in [-0.15, -0.1) is 0 Å². The first-order valence-electron chi connectivity index (χ1n) is 8.53. The monoisotopic (exact) mass is 353 g/mol. The Morgan fingerprint density at radius 2 is 2.12 bits per heavy atom. The molecular formula is C19H19N3O4. The third-order valence-electron chi connectivity index (χ3n) is 4.49. The van der Waals surface area contributed by atoms with Crippen LogP contribution in [0.2, 0.25) is 0 Å². The molecule has 0 unspecified atom stereocenters. The molecule has 1 aliphatic rings. The lowest BCUT2D eigenvalue weighted by Gasteiger charge is -2.31. The SMILES string of the molecule is COc1cccc2cc(C(=O)N3CCC(Oc4cnccn4)CC3)oc12. The van der Waals surface area contributed by atoms with Crippen molar-refractivity contribution in [1.82, 2.24) is 14.9 Å². The van der Waals surface area contributed by atoms with Crippen LogP contribution >= 0.6 is 0 Å². The zero-order valence-electron chi connectivity index (χ0n) is 14.4. The Morgan fingerprint density at radius 1 is 1.27 bits per heavy atom. The summed E-state index contributed by atoms with van der Waals surface area (Å²) in [5, 5.41) is 0.855. The maximum absolute atomic E-state index is 12.8. The Kier molecular flexibility index (Phi) is 4.43. The van der Waals surface area contributed by atoms with Crippen molar-refractivity contribution < 1.29 is 18.7 Å². The minimum atomic E-state index is -0.110. The molecule has 0 N–H and O–H groups in total. The van der Waals surface area contributed by atoms with Crippen LogP contribution in [0.25, 0.3) is 11.0 Å². The number of piperidine rings is 1. The van der Waals surface area contributed by atoms with Crippen LogP contribution < -0.4 is 9.47 Å². The fraction of sp³-hybridized carbons (Fsp3) is 0.316. The quantitative estimate of drug-likeness (QED) is 0.718. The highest BCUT2D eigenvalue weighted by atomic mass is 16.5. The van der Waals surface area contributed by atoms with Crippen molar-refractivity contribution in [2.75, 3.05) is 20.2 Å². The number of aromatic nitrogens is 2. The zero-order chi connectivity index (χ0) is 17.9. The van der Waals surface area contributed by atoms with Gasteiger partial charge in [0.25, 0.3) is 5.91 Å². The van der Waals surface area contributed by atoms with E-state index in [1.807, 2.05) is 18.2 Å². The van der Waals surface area contributed by atoms with Crippen molar-refractivity contribution in [3.8, 4) is 11.6 Å². The van der Waals surface area contributed by atoms with Gasteiger partial charge >= 0.3 is 0 Å². The lowest BCUT2D eigenvalue weighted by molar-refractivity contribution is 0.0560. The largest absolute Gasteiger partial charge is 0.493 e. The molecule has 4 rings (SSSR count). The number of ether oxygens (including phenoxy) is 2. The van der Waals surface area contributed by atoms with Crippen LogP contribution in [0, 0.1) is 0 Å². The number of carbonyl (C=O) groups is 1. The van der Waals surface area contributed by atoms with Gasteiger partial charge in [-0.25, -0.2) is 4.98 Å². The molecular weight excluding hydrogens is 334 g/mol. The highest BCUT2D eigenvalue weighted by Crippen LogP contribution is 2.29. The second kappa shape index (κ2) is 7.03. The molecule has 7 heteroatoms. The number of furan rings is 1. The van der Waals surface area contributed by atoms with Crippen molar-refractivity contribution in [3.05, 3.63) is 48.6 Å². The number of hydrogen-bond donors (Lipinski definition) is 0. The summed E-state index contributed by atoms with van der Waals surface area (Å²) in [6.45, 7) is 1.22. The van der Waals surface area contributed by atoms with E-state index >= 15 is 0 Å². The van der Waals surface area contributed by atoms with Crippen molar-refractivity contribution in [2.24, 2.45) is 0 Å². The molecule has 0 aliphatic carbocycles. The third-order valence-corrected chi connectivity index (χ3v) is 4.49. The van der Waals surface area contributed by atoms with E-state index in [0.29, 0.717) is 36.1 Å². The number of fused-ring (bicyclic) bond motifs is 1. The van der Waals surface area contributed by atoms with Gasteiger partial charge in [-0.05, 0) is 12.1 Å². The number of rotatable bonds is 4. The number of nitrogens with zero attached hydrogens (tertiary/aromatic N) is 3. The van der Waals surface area contributed by atoms with Crippen LogP contribution in [0.3, 0.4) is 0 Å². The highest BCUT2D eigenvalue weighted by molar-refractivity contribution is 5.97. The molecule has 0 saturated carbocycles. The second-order valence-corrected chi connectivity index (χ2v) is 6.14. The lowest BCUT2D eigenvalue weighted by Crippen LogP contribution is -2.41. The van der Waals surface area contributed by atoms with Crippen LogP contribution in [0.4, 0.5) is 0 Å². The molecule has 0 atom stereocenters. The van der Waals surface area contributed by atoms with Gasteiger partial charge in [0.1, 0.15) is 6.10 Å². The molecule has 134 valence electrons. The first kappa shape index (κ1) is 16.4. The molecule has 3 aromatic rings. The predicted molar refractivity (Wildman–Crippen MR) is 94.4 cm³/mol. The molecule has 2 aromatic heterocycles. The van der Waals surface area contributed by atoms with E-state index in [2.05, 4.69) is 9.97 Å². The van der Waals surface area contributed by atoms with Gasteiger partial charge in [0.15, 0.2) is 17.1 Å². The molecule has 1 fully saturated rings. The fourth-order valence-corrected chi connectivity index (χ4v) is 3.15. The summed E-state index contributed by atoms with van der Waals surface area (Å²) in [5.41, 5.74) is 0.597. The molecule has 7 nitrogen and oxygen atoms in total. The molecule has 1 amide bonds. The lowest BCUT2D eigenvalue weighted by atomic mass is 10.1. The van der Waals surface area contributed by atoms with Crippen LogP contribution in [0.15, 0.2) is 47.3 Å². The van der Waals surface area contributed by atoms with Crippen LogP contribution in [0.1, 0.15) is 23.4 Å². The molecule has 1 aliphatic heterocycles. The summed E-state index contributed by atoms with van der Waals surface area (Å²) in [4.78, 5) is 22.7. The Labute approximate surface area is 150 Å². The topological polar surface area (TPSA) is 77.7 Å². The van der Waals surface area contributed by atoms with Gasteiger partial charge in [-0.2, -0.15) is 0 Å². The second-order valence-electron chi connectivity index (χ2n) is 6.14. The summed E-state index contributed by atoms with van der Waals surface area (Å²) in [6, 6.07) is 7.36. The Hall–Kier alpha value is -3.09. The average molecular weight is 353 g/mol. The maximum Gasteiger partial charge on any atom is 0.289 e. The summed E-state index contributed by atoms with van der Waals surface area (Å²) < 4.78 is 16.9. The first-order valence-corrected chi connectivity index (χ1v) is 8.53. The summed E-state index contributed by atoms with van der Waals surface area (Å²) in [5.74, 6) is 1.36. The van der Waals surface area contributed by atoms with Gasteiger partial charge in [0.05, 0.1) is 13.3 Å². The van der Waals surface area contributed by atoms with Crippen molar-refractivity contribution >= 4 is 16.9 Å². The Morgan fingerprint density at radius 3 is 2.85 bits per heavy atom. The number of amides is 1.